The molecule has 0 atom stereocenters. The zero-order valence-corrected chi connectivity index (χ0v) is 16.4. The molecule has 3 aromatic heterocycles. The van der Waals surface area contributed by atoms with Gasteiger partial charge in [0, 0.05) is 24.4 Å². The summed E-state index contributed by atoms with van der Waals surface area (Å²) in [4.78, 5) is 13.0. The van der Waals surface area contributed by atoms with Crippen molar-refractivity contribution in [2.45, 2.75) is 31.9 Å². The minimum Gasteiger partial charge on any atom is -0.480 e. The summed E-state index contributed by atoms with van der Waals surface area (Å²) < 4.78 is 12.8. The standard InChI is InChI=1S/C21H22N6O2/c1-3-29-15-9-14(10-15)25-21-22-11-19-16(6-7-27(19)26-21)13-4-5-18-17(8-13)20(28-2)24-12-23-18/h4-8,11-12,14-15H,3,9-10H2,1-2H3,(H,25,26). The lowest BCUT2D eigenvalue weighted by Crippen LogP contribution is -2.41. The topological polar surface area (TPSA) is 86.5 Å². The molecule has 0 radical (unpaired) electrons. The van der Waals surface area contributed by atoms with E-state index in [9.17, 15) is 0 Å². The van der Waals surface area contributed by atoms with E-state index in [0.717, 1.165) is 47.0 Å². The lowest BCUT2D eigenvalue weighted by atomic mass is 9.89. The van der Waals surface area contributed by atoms with Crippen molar-refractivity contribution < 1.29 is 9.47 Å². The van der Waals surface area contributed by atoms with Gasteiger partial charge in [-0.1, -0.05) is 6.07 Å². The van der Waals surface area contributed by atoms with Crippen LogP contribution in [0.3, 0.4) is 0 Å². The van der Waals surface area contributed by atoms with E-state index in [0.29, 0.717) is 24.0 Å². The fraction of sp³-hybridized carbons (Fsp3) is 0.333. The van der Waals surface area contributed by atoms with E-state index < -0.39 is 0 Å². The molecule has 148 valence electrons. The fourth-order valence-electron chi connectivity index (χ4n) is 3.81. The SMILES string of the molecule is CCOC1CC(Nc2ncc3c(-c4ccc5ncnc(OC)c5c4)ccn3n2)C1. The molecule has 0 saturated heterocycles. The predicted octanol–water partition coefficient (Wildman–Crippen LogP) is 3.33. The minimum atomic E-state index is 0.355. The van der Waals surface area contributed by atoms with Gasteiger partial charge >= 0.3 is 0 Å². The van der Waals surface area contributed by atoms with Crippen LogP contribution in [0.1, 0.15) is 19.8 Å². The van der Waals surface area contributed by atoms with Gasteiger partial charge in [0.2, 0.25) is 11.8 Å². The van der Waals surface area contributed by atoms with E-state index in [2.05, 4.69) is 25.4 Å². The third-order valence-electron chi connectivity index (χ3n) is 5.35. The molecular formula is C21H22N6O2. The number of aromatic nitrogens is 5. The molecule has 1 aliphatic rings. The average molecular weight is 390 g/mol. The van der Waals surface area contributed by atoms with Crippen molar-refractivity contribution in [1.29, 1.82) is 0 Å². The molecule has 29 heavy (non-hydrogen) atoms. The highest BCUT2D eigenvalue weighted by atomic mass is 16.5. The highest BCUT2D eigenvalue weighted by Crippen LogP contribution is 2.31. The number of nitrogens with zero attached hydrogens (tertiary/aromatic N) is 5. The Morgan fingerprint density at radius 3 is 2.90 bits per heavy atom. The molecule has 8 heteroatoms. The molecule has 0 spiro atoms. The van der Waals surface area contributed by atoms with Crippen molar-refractivity contribution in [2.24, 2.45) is 0 Å². The first-order valence-corrected chi connectivity index (χ1v) is 9.77. The van der Waals surface area contributed by atoms with Crippen LogP contribution in [0.25, 0.3) is 27.5 Å². The molecule has 1 N–H and O–H groups in total. The van der Waals surface area contributed by atoms with E-state index in [4.69, 9.17) is 9.47 Å². The molecule has 1 fully saturated rings. The van der Waals surface area contributed by atoms with Gasteiger partial charge in [-0.25, -0.2) is 19.5 Å². The molecule has 5 rings (SSSR count). The Hall–Kier alpha value is -3.26. The zero-order valence-electron chi connectivity index (χ0n) is 16.4. The molecule has 4 aromatic rings. The van der Waals surface area contributed by atoms with Gasteiger partial charge in [-0.15, -0.1) is 5.10 Å². The summed E-state index contributed by atoms with van der Waals surface area (Å²) in [5, 5.41) is 8.88. The van der Waals surface area contributed by atoms with Crippen molar-refractivity contribution in [3.05, 3.63) is 43.0 Å². The van der Waals surface area contributed by atoms with Crippen molar-refractivity contribution in [2.75, 3.05) is 19.0 Å². The third-order valence-corrected chi connectivity index (χ3v) is 5.35. The monoisotopic (exact) mass is 390 g/mol. The number of ether oxygens (including phenoxy) is 2. The summed E-state index contributed by atoms with van der Waals surface area (Å²) >= 11 is 0. The Balaban J connectivity index is 1.42. The normalized spacial score (nSPS) is 18.7. The Morgan fingerprint density at radius 1 is 1.17 bits per heavy atom. The third kappa shape index (κ3) is 3.25. The Kier molecular flexibility index (Phi) is 4.48. The van der Waals surface area contributed by atoms with E-state index >= 15 is 0 Å². The fourth-order valence-corrected chi connectivity index (χ4v) is 3.81. The first-order chi connectivity index (χ1) is 14.2. The summed E-state index contributed by atoms with van der Waals surface area (Å²) in [5.41, 5.74) is 3.87. The van der Waals surface area contributed by atoms with Gasteiger partial charge in [0.1, 0.15) is 6.33 Å². The lowest BCUT2D eigenvalue weighted by molar-refractivity contribution is 0.00283. The quantitative estimate of drug-likeness (QED) is 0.540. The number of rotatable bonds is 6. The van der Waals surface area contributed by atoms with Crippen LogP contribution in [0.2, 0.25) is 0 Å². The van der Waals surface area contributed by atoms with Crippen LogP contribution in [0, 0.1) is 0 Å². The second kappa shape index (κ2) is 7.29. The molecule has 0 amide bonds. The van der Waals surface area contributed by atoms with Crippen LogP contribution < -0.4 is 10.1 Å². The molecule has 0 bridgehead atoms. The van der Waals surface area contributed by atoms with E-state index in [1.54, 1.807) is 7.11 Å². The molecule has 0 unspecified atom stereocenters. The number of benzene rings is 1. The van der Waals surface area contributed by atoms with Gasteiger partial charge in [0.05, 0.1) is 35.8 Å². The van der Waals surface area contributed by atoms with Crippen molar-refractivity contribution >= 4 is 22.4 Å². The molecule has 1 aromatic carbocycles. The summed E-state index contributed by atoms with van der Waals surface area (Å²) in [5.74, 6) is 1.20. The molecule has 1 aliphatic carbocycles. The van der Waals surface area contributed by atoms with Gasteiger partial charge in [0.15, 0.2) is 0 Å². The maximum absolute atomic E-state index is 5.61. The van der Waals surface area contributed by atoms with Gasteiger partial charge < -0.3 is 14.8 Å². The van der Waals surface area contributed by atoms with Crippen LogP contribution in [0.4, 0.5) is 5.95 Å². The van der Waals surface area contributed by atoms with Crippen molar-refractivity contribution in [3.8, 4) is 17.0 Å². The van der Waals surface area contributed by atoms with Crippen molar-refractivity contribution in [1.82, 2.24) is 24.6 Å². The summed E-state index contributed by atoms with van der Waals surface area (Å²) in [7, 11) is 1.61. The molecule has 3 heterocycles. The van der Waals surface area contributed by atoms with Crippen LogP contribution >= 0.6 is 0 Å². The maximum Gasteiger partial charge on any atom is 0.241 e. The number of fused-ring (bicyclic) bond motifs is 2. The van der Waals surface area contributed by atoms with Gasteiger partial charge in [0.25, 0.3) is 0 Å². The zero-order chi connectivity index (χ0) is 19.8. The number of nitrogens with one attached hydrogen (secondary N) is 1. The first-order valence-electron chi connectivity index (χ1n) is 9.77. The Labute approximate surface area is 167 Å². The van der Waals surface area contributed by atoms with Gasteiger partial charge in [-0.05, 0) is 43.5 Å². The number of anilines is 1. The van der Waals surface area contributed by atoms with Gasteiger partial charge in [-0.3, -0.25) is 0 Å². The molecule has 0 aliphatic heterocycles. The van der Waals surface area contributed by atoms with E-state index in [1.807, 2.05) is 48.1 Å². The smallest absolute Gasteiger partial charge is 0.241 e. The maximum atomic E-state index is 5.61. The number of hydrogen-bond acceptors (Lipinski definition) is 7. The number of methoxy groups -OCH3 is 1. The predicted molar refractivity (Wildman–Crippen MR) is 110 cm³/mol. The van der Waals surface area contributed by atoms with Crippen LogP contribution in [-0.4, -0.2) is 50.4 Å². The molecule has 1 saturated carbocycles. The Bertz CT molecular complexity index is 1170. The highest BCUT2D eigenvalue weighted by molar-refractivity contribution is 5.91. The van der Waals surface area contributed by atoms with Crippen molar-refractivity contribution in [3.63, 3.8) is 0 Å². The molecule has 8 nitrogen and oxygen atoms in total. The first kappa shape index (κ1) is 17.8. The van der Waals surface area contributed by atoms with E-state index in [1.165, 1.54) is 6.33 Å². The van der Waals surface area contributed by atoms with Crippen LogP contribution in [-0.2, 0) is 4.74 Å². The molecular weight excluding hydrogens is 368 g/mol. The lowest BCUT2D eigenvalue weighted by Gasteiger charge is -2.35. The summed E-state index contributed by atoms with van der Waals surface area (Å²) in [6, 6.07) is 8.46. The second-order valence-electron chi connectivity index (χ2n) is 7.15. The highest BCUT2D eigenvalue weighted by Gasteiger charge is 2.30. The van der Waals surface area contributed by atoms with E-state index in [-0.39, 0.29) is 0 Å². The second-order valence-corrected chi connectivity index (χ2v) is 7.15. The largest absolute Gasteiger partial charge is 0.480 e. The van der Waals surface area contributed by atoms with Gasteiger partial charge in [-0.2, -0.15) is 0 Å². The summed E-state index contributed by atoms with van der Waals surface area (Å²) in [6.45, 7) is 2.79. The number of hydrogen-bond donors (Lipinski definition) is 1. The average Bonchev–Trinajstić information content (AvgIpc) is 3.14. The minimum absolute atomic E-state index is 0.355. The Morgan fingerprint density at radius 2 is 2.07 bits per heavy atom. The summed E-state index contributed by atoms with van der Waals surface area (Å²) in [6.07, 6.45) is 7.65. The van der Waals surface area contributed by atoms with Crippen LogP contribution in [0.15, 0.2) is 43.0 Å². The van der Waals surface area contributed by atoms with Crippen LogP contribution in [0.5, 0.6) is 5.88 Å².